The highest BCUT2D eigenvalue weighted by atomic mass is 32.2. The van der Waals surface area contributed by atoms with Crippen LogP contribution in [-0.2, 0) is 20.7 Å². The standard InChI is InChI=1S/C21H23NO3S/c1-2-25-21(24)18(15-16-9-5-3-6-10-16)22-19(23)13-14-26-20(22)17-11-7-4-8-12-17/h3-12,18,20H,2,13-15H2,1H3/t18-,20?/m0/s1. The third-order valence-electron chi connectivity index (χ3n) is 4.38. The number of carbonyl (C=O) groups is 2. The number of hydrogen-bond donors (Lipinski definition) is 0. The summed E-state index contributed by atoms with van der Waals surface area (Å²) in [7, 11) is 0. The van der Waals surface area contributed by atoms with Crippen molar-refractivity contribution in [2.75, 3.05) is 12.4 Å². The number of rotatable bonds is 6. The first kappa shape index (κ1) is 18.5. The lowest BCUT2D eigenvalue weighted by Crippen LogP contribution is -2.50. The first-order valence-corrected chi connectivity index (χ1v) is 9.94. The number of amides is 1. The van der Waals surface area contributed by atoms with Gasteiger partial charge in [-0.15, -0.1) is 11.8 Å². The van der Waals surface area contributed by atoms with Crippen LogP contribution in [0.5, 0.6) is 0 Å². The monoisotopic (exact) mass is 369 g/mol. The molecule has 0 spiro atoms. The van der Waals surface area contributed by atoms with Gasteiger partial charge in [0.15, 0.2) is 0 Å². The van der Waals surface area contributed by atoms with Crippen LogP contribution in [0, 0.1) is 0 Å². The van der Waals surface area contributed by atoms with Gasteiger partial charge in [0.25, 0.3) is 0 Å². The average Bonchev–Trinajstić information content (AvgIpc) is 2.68. The van der Waals surface area contributed by atoms with E-state index in [0.29, 0.717) is 19.4 Å². The van der Waals surface area contributed by atoms with Crippen LogP contribution >= 0.6 is 11.8 Å². The summed E-state index contributed by atoms with van der Waals surface area (Å²) < 4.78 is 5.32. The van der Waals surface area contributed by atoms with Crippen LogP contribution in [0.2, 0.25) is 0 Å². The van der Waals surface area contributed by atoms with Gasteiger partial charge in [-0.25, -0.2) is 4.79 Å². The van der Waals surface area contributed by atoms with Crippen molar-refractivity contribution in [1.29, 1.82) is 0 Å². The Morgan fingerprint density at radius 2 is 1.81 bits per heavy atom. The van der Waals surface area contributed by atoms with Crippen LogP contribution in [0.3, 0.4) is 0 Å². The van der Waals surface area contributed by atoms with Crippen LogP contribution < -0.4 is 0 Å². The number of benzene rings is 2. The summed E-state index contributed by atoms with van der Waals surface area (Å²) in [6.45, 7) is 2.09. The molecular formula is C21H23NO3S. The maximum absolute atomic E-state index is 12.8. The molecule has 4 nitrogen and oxygen atoms in total. The summed E-state index contributed by atoms with van der Waals surface area (Å²) >= 11 is 1.70. The third-order valence-corrected chi connectivity index (χ3v) is 5.64. The van der Waals surface area contributed by atoms with Gasteiger partial charge >= 0.3 is 5.97 Å². The third kappa shape index (κ3) is 4.28. The topological polar surface area (TPSA) is 46.6 Å². The first-order chi connectivity index (χ1) is 12.7. The van der Waals surface area contributed by atoms with Crippen LogP contribution in [0.15, 0.2) is 60.7 Å². The second kappa shape index (κ2) is 8.90. The molecule has 0 saturated carbocycles. The number of ether oxygens (including phenoxy) is 1. The van der Waals surface area contributed by atoms with Gasteiger partial charge in [-0.1, -0.05) is 60.7 Å². The molecule has 1 heterocycles. The molecule has 1 fully saturated rings. The van der Waals surface area contributed by atoms with Crippen LogP contribution in [0.25, 0.3) is 0 Å². The Bertz CT molecular complexity index is 735. The van der Waals surface area contributed by atoms with Gasteiger partial charge in [0, 0.05) is 18.6 Å². The summed E-state index contributed by atoms with van der Waals surface area (Å²) in [4.78, 5) is 27.3. The van der Waals surface area contributed by atoms with E-state index in [0.717, 1.165) is 16.9 Å². The van der Waals surface area contributed by atoms with E-state index in [-0.39, 0.29) is 17.3 Å². The highest BCUT2D eigenvalue weighted by Gasteiger charge is 2.39. The fraction of sp³-hybridized carbons (Fsp3) is 0.333. The van der Waals surface area contributed by atoms with Gasteiger partial charge in [-0.3, -0.25) is 4.79 Å². The molecule has 0 aliphatic carbocycles. The van der Waals surface area contributed by atoms with Crippen molar-refractivity contribution in [2.45, 2.75) is 31.2 Å². The van der Waals surface area contributed by atoms with Crippen molar-refractivity contribution < 1.29 is 14.3 Å². The van der Waals surface area contributed by atoms with Gasteiger partial charge in [0.05, 0.1) is 6.61 Å². The molecule has 2 aromatic rings. The number of thioether (sulfide) groups is 1. The Hall–Kier alpha value is -2.27. The minimum Gasteiger partial charge on any atom is -0.464 e. The van der Waals surface area contributed by atoms with E-state index >= 15 is 0 Å². The molecule has 26 heavy (non-hydrogen) atoms. The summed E-state index contributed by atoms with van der Waals surface area (Å²) in [5.41, 5.74) is 2.05. The van der Waals surface area contributed by atoms with Gasteiger partial charge in [-0.05, 0) is 18.1 Å². The second-order valence-corrected chi connectivity index (χ2v) is 7.33. The first-order valence-electron chi connectivity index (χ1n) is 8.89. The Labute approximate surface area is 158 Å². The van der Waals surface area contributed by atoms with Crippen LogP contribution in [0.4, 0.5) is 0 Å². The highest BCUT2D eigenvalue weighted by Crippen LogP contribution is 2.39. The zero-order valence-electron chi connectivity index (χ0n) is 14.8. The number of nitrogens with zero attached hydrogens (tertiary/aromatic N) is 1. The molecule has 2 aromatic carbocycles. The lowest BCUT2D eigenvalue weighted by Gasteiger charge is -2.40. The molecule has 1 amide bonds. The summed E-state index contributed by atoms with van der Waals surface area (Å²) in [6.07, 6.45) is 0.897. The minimum absolute atomic E-state index is 0.00610. The molecule has 0 bridgehead atoms. The fourth-order valence-corrected chi connectivity index (χ4v) is 4.47. The lowest BCUT2D eigenvalue weighted by atomic mass is 10.0. The van der Waals surface area contributed by atoms with Crippen molar-refractivity contribution in [1.82, 2.24) is 4.90 Å². The molecule has 1 saturated heterocycles. The van der Waals surface area contributed by atoms with Gasteiger partial charge in [-0.2, -0.15) is 0 Å². The fourth-order valence-electron chi connectivity index (χ4n) is 3.18. The Morgan fingerprint density at radius 1 is 1.15 bits per heavy atom. The largest absolute Gasteiger partial charge is 0.464 e. The minimum atomic E-state index is -0.622. The molecule has 1 aliphatic heterocycles. The zero-order valence-corrected chi connectivity index (χ0v) is 15.7. The highest BCUT2D eigenvalue weighted by molar-refractivity contribution is 7.99. The smallest absolute Gasteiger partial charge is 0.329 e. The Kier molecular flexibility index (Phi) is 6.34. The lowest BCUT2D eigenvalue weighted by molar-refractivity contribution is -0.155. The molecular weight excluding hydrogens is 346 g/mol. The SMILES string of the molecule is CCOC(=O)[C@H](Cc1ccccc1)N1C(=O)CCSC1c1ccccc1. The molecule has 0 radical (unpaired) electrons. The average molecular weight is 369 g/mol. The van der Waals surface area contributed by atoms with E-state index in [2.05, 4.69) is 0 Å². The number of carbonyl (C=O) groups excluding carboxylic acids is 2. The predicted octanol–water partition coefficient (Wildman–Crippen LogP) is 3.83. The summed E-state index contributed by atoms with van der Waals surface area (Å²) in [5, 5.41) is -0.171. The maximum atomic E-state index is 12.8. The van der Waals surface area contributed by atoms with Crippen molar-refractivity contribution in [3.63, 3.8) is 0 Å². The van der Waals surface area contributed by atoms with Gasteiger partial charge < -0.3 is 9.64 Å². The van der Waals surface area contributed by atoms with E-state index in [1.54, 1.807) is 23.6 Å². The van der Waals surface area contributed by atoms with Crippen LogP contribution in [-0.4, -0.2) is 35.2 Å². The quantitative estimate of drug-likeness (QED) is 0.726. The molecule has 5 heteroatoms. The molecule has 1 aliphatic rings. The van der Waals surface area contributed by atoms with Gasteiger partial charge in [0.1, 0.15) is 11.4 Å². The summed E-state index contributed by atoms with van der Waals surface area (Å²) in [5.74, 6) is 0.426. The van der Waals surface area contributed by atoms with Crippen LogP contribution in [0.1, 0.15) is 29.8 Å². The van der Waals surface area contributed by atoms with Crippen molar-refractivity contribution in [3.8, 4) is 0 Å². The Morgan fingerprint density at radius 3 is 2.46 bits per heavy atom. The molecule has 2 atom stereocenters. The second-order valence-electron chi connectivity index (χ2n) is 6.14. The van der Waals surface area contributed by atoms with Crippen molar-refractivity contribution in [3.05, 3.63) is 71.8 Å². The molecule has 3 rings (SSSR count). The molecule has 1 unspecified atom stereocenters. The Balaban J connectivity index is 1.95. The molecule has 136 valence electrons. The van der Waals surface area contributed by atoms with Crippen molar-refractivity contribution in [2.24, 2.45) is 0 Å². The predicted molar refractivity (Wildman–Crippen MR) is 104 cm³/mol. The van der Waals surface area contributed by atoms with Crippen molar-refractivity contribution >= 4 is 23.6 Å². The molecule has 0 N–H and O–H groups in total. The summed E-state index contributed by atoms with van der Waals surface area (Å²) in [6, 6.07) is 19.1. The van der Waals surface area contributed by atoms with E-state index in [1.165, 1.54) is 0 Å². The number of hydrogen-bond acceptors (Lipinski definition) is 4. The van der Waals surface area contributed by atoms with E-state index in [9.17, 15) is 9.59 Å². The zero-order chi connectivity index (χ0) is 18.4. The van der Waals surface area contributed by atoms with E-state index in [4.69, 9.17) is 4.74 Å². The van der Waals surface area contributed by atoms with E-state index < -0.39 is 6.04 Å². The maximum Gasteiger partial charge on any atom is 0.329 e. The van der Waals surface area contributed by atoms with Gasteiger partial charge in [0.2, 0.25) is 5.91 Å². The van der Waals surface area contributed by atoms with E-state index in [1.807, 2.05) is 60.7 Å². The normalized spacial score (nSPS) is 18.4. The molecule has 0 aromatic heterocycles. The number of esters is 1.